The second-order valence-corrected chi connectivity index (χ2v) is 4.35. The van der Waals surface area contributed by atoms with Crippen molar-refractivity contribution in [3.8, 4) is 0 Å². The van der Waals surface area contributed by atoms with Crippen LogP contribution in [0.1, 0.15) is 27.7 Å². The molecule has 0 unspecified atom stereocenters. The Morgan fingerprint density at radius 3 is 2.32 bits per heavy atom. The zero-order chi connectivity index (χ0) is 13.8. The van der Waals surface area contributed by atoms with E-state index in [1.807, 2.05) is 6.92 Å². The Balaban J connectivity index is 0. The van der Waals surface area contributed by atoms with Crippen LogP contribution in [-0.4, -0.2) is 63.3 Å². The zero-order valence-electron chi connectivity index (χ0n) is 13.0. The first-order chi connectivity index (χ1) is 8.65. The van der Waals surface area contributed by atoms with Gasteiger partial charge in [-0.3, -0.25) is 9.89 Å². The quantitative estimate of drug-likeness (QED) is 0.273. The van der Waals surface area contributed by atoms with E-state index in [0.29, 0.717) is 12.6 Å². The van der Waals surface area contributed by atoms with Crippen LogP contribution in [0.25, 0.3) is 0 Å². The number of nitrogens with one attached hydrogen (secondary N) is 2. The van der Waals surface area contributed by atoms with Gasteiger partial charge in [0.05, 0.1) is 6.61 Å². The lowest BCUT2D eigenvalue weighted by atomic mass is 10.3. The molecule has 116 valence electrons. The highest BCUT2D eigenvalue weighted by atomic mass is 127. The van der Waals surface area contributed by atoms with Crippen LogP contribution in [0.2, 0.25) is 0 Å². The number of guanidine groups is 1. The van der Waals surface area contributed by atoms with Gasteiger partial charge in [0, 0.05) is 39.3 Å². The van der Waals surface area contributed by atoms with Gasteiger partial charge in [0.2, 0.25) is 0 Å². The topological polar surface area (TPSA) is 48.9 Å². The van der Waals surface area contributed by atoms with E-state index in [2.05, 4.69) is 41.3 Å². The summed E-state index contributed by atoms with van der Waals surface area (Å²) in [6, 6.07) is 0.588. The number of hydrogen-bond donors (Lipinski definition) is 2. The number of ether oxygens (including phenoxy) is 1. The van der Waals surface area contributed by atoms with Crippen LogP contribution in [0.5, 0.6) is 0 Å². The molecule has 0 aliphatic heterocycles. The molecule has 0 aliphatic carbocycles. The number of hydrogen-bond acceptors (Lipinski definition) is 3. The van der Waals surface area contributed by atoms with Crippen molar-refractivity contribution in [1.29, 1.82) is 0 Å². The summed E-state index contributed by atoms with van der Waals surface area (Å²) in [6.07, 6.45) is 0. The van der Waals surface area contributed by atoms with E-state index in [1.54, 1.807) is 7.05 Å². The fourth-order valence-electron chi connectivity index (χ4n) is 1.71. The summed E-state index contributed by atoms with van der Waals surface area (Å²) in [7, 11) is 1.79. The van der Waals surface area contributed by atoms with Gasteiger partial charge in [-0.1, -0.05) is 6.92 Å². The van der Waals surface area contributed by atoms with Crippen molar-refractivity contribution in [3.05, 3.63) is 0 Å². The van der Waals surface area contributed by atoms with Crippen molar-refractivity contribution in [3.63, 3.8) is 0 Å². The highest BCUT2D eigenvalue weighted by Crippen LogP contribution is 1.95. The van der Waals surface area contributed by atoms with Gasteiger partial charge >= 0.3 is 0 Å². The minimum atomic E-state index is 0. The predicted molar refractivity (Wildman–Crippen MR) is 93.7 cm³/mol. The summed E-state index contributed by atoms with van der Waals surface area (Å²) in [5.41, 5.74) is 0. The molecule has 0 spiro atoms. The average Bonchev–Trinajstić information content (AvgIpc) is 2.36. The second kappa shape index (κ2) is 14.3. The first kappa shape index (κ1) is 21.2. The van der Waals surface area contributed by atoms with E-state index in [0.717, 1.165) is 38.7 Å². The third kappa shape index (κ3) is 11.4. The standard InChI is InChI=1S/C13H30N4O.HI/c1-6-17(12(3)4)10-8-15-13(14-5)16-9-11-18-7-2;/h12H,6-11H2,1-5H3,(H2,14,15,16);1H. The van der Waals surface area contributed by atoms with Gasteiger partial charge in [0.25, 0.3) is 0 Å². The maximum Gasteiger partial charge on any atom is 0.191 e. The maximum atomic E-state index is 5.27. The molecule has 0 radical (unpaired) electrons. The third-order valence-corrected chi connectivity index (χ3v) is 2.79. The summed E-state index contributed by atoms with van der Waals surface area (Å²) in [5.74, 6) is 0.842. The minimum Gasteiger partial charge on any atom is -0.380 e. The van der Waals surface area contributed by atoms with Gasteiger partial charge in [-0.05, 0) is 27.3 Å². The van der Waals surface area contributed by atoms with E-state index in [1.165, 1.54) is 0 Å². The van der Waals surface area contributed by atoms with E-state index in [9.17, 15) is 0 Å². The van der Waals surface area contributed by atoms with Crippen molar-refractivity contribution in [2.75, 3.05) is 46.4 Å². The molecule has 2 N–H and O–H groups in total. The van der Waals surface area contributed by atoms with Crippen LogP contribution in [0.4, 0.5) is 0 Å². The third-order valence-electron chi connectivity index (χ3n) is 2.79. The van der Waals surface area contributed by atoms with Gasteiger partial charge in [-0.15, -0.1) is 24.0 Å². The highest BCUT2D eigenvalue weighted by molar-refractivity contribution is 14.0. The summed E-state index contributed by atoms with van der Waals surface area (Å²) in [5, 5.41) is 6.53. The Labute approximate surface area is 135 Å². The number of halogens is 1. The van der Waals surface area contributed by atoms with Crippen LogP contribution in [0.15, 0.2) is 4.99 Å². The molecule has 0 amide bonds. The van der Waals surface area contributed by atoms with Gasteiger partial charge in [-0.2, -0.15) is 0 Å². The lowest BCUT2D eigenvalue weighted by molar-refractivity contribution is 0.152. The molecule has 0 heterocycles. The number of likely N-dealkylation sites (N-methyl/N-ethyl adjacent to an activating group) is 1. The Kier molecular flexibility index (Phi) is 16.0. The molecular weight excluding hydrogens is 355 g/mol. The summed E-state index contributed by atoms with van der Waals surface area (Å²) in [6.45, 7) is 13.9. The molecule has 0 rings (SSSR count). The molecule has 0 aromatic rings. The average molecular weight is 386 g/mol. The predicted octanol–water partition coefficient (Wildman–Crippen LogP) is 1.54. The molecule has 0 atom stereocenters. The van der Waals surface area contributed by atoms with E-state index < -0.39 is 0 Å². The SMILES string of the molecule is CCOCCNC(=NC)NCCN(CC)C(C)C.I. The molecule has 0 bridgehead atoms. The van der Waals surface area contributed by atoms with Gasteiger partial charge in [0.1, 0.15) is 0 Å². The Hall–Kier alpha value is -0.0800. The Bertz CT molecular complexity index is 225. The summed E-state index contributed by atoms with van der Waals surface area (Å²) in [4.78, 5) is 6.59. The van der Waals surface area contributed by atoms with E-state index in [-0.39, 0.29) is 24.0 Å². The normalized spacial score (nSPS) is 11.6. The first-order valence-electron chi connectivity index (χ1n) is 6.91. The summed E-state index contributed by atoms with van der Waals surface area (Å²) < 4.78 is 5.27. The second-order valence-electron chi connectivity index (χ2n) is 4.35. The van der Waals surface area contributed by atoms with Gasteiger partial charge in [-0.25, -0.2) is 0 Å². The fraction of sp³-hybridized carbons (Fsp3) is 0.923. The van der Waals surface area contributed by atoms with Crippen molar-refractivity contribution in [2.45, 2.75) is 33.7 Å². The van der Waals surface area contributed by atoms with E-state index in [4.69, 9.17) is 4.74 Å². The molecule has 0 aromatic carbocycles. The maximum absolute atomic E-state index is 5.27. The van der Waals surface area contributed by atoms with Crippen LogP contribution in [0, 0.1) is 0 Å². The minimum absolute atomic E-state index is 0. The van der Waals surface area contributed by atoms with Crippen LogP contribution in [-0.2, 0) is 4.74 Å². The monoisotopic (exact) mass is 386 g/mol. The Morgan fingerprint density at radius 1 is 1.21 bits per heavy atom. The lowest BCUT2D eigenvalue weighted by Gasteiger charge is -2.25. The largest absolute Gasteiger partial charge is 0.380 e. The molecule has 6 heteroatoms. The number of rotatable bonds is 9. The van der Waals surface area contributed by atoms with Crippen molar-refractivity contribution < 1.29 is 4.74 Å². The molecular formula is C13H31IN4O. The molecule has 5 nitrogen and oxygen atoms in total. The van der Waals surface area contributed by atoms with Crippen LogP contribution in [0.3, 0.4) is 0 Å². The van der Waals surface area contributed by atoms with Gasteiger partial charge in [0.15, 0.2) is 5.96 Å². The highest BCUT2D eigenvalue weighted by Gasteiger charge is 2.06. The lowest BCUT2D eigenvalue weighted by Crippen LogP contribution is -2.43. The molecule has 0 saturated heterocycles. The Morgan fingerprint density at radius 2 is 1.84 bits per heavy atom. The molecule has 19 heavy (non-hydrogen) atoms. The van der Waals surface area contributed by atoms with Gasteiger partial charge < -0.3 is 15.4 Å². The smallest absolute Gasteiger partial charge is 0.191 e. The zero-order valence-corrected chi connectivity index (χ0v) is 15.4. The molecule has 0 aromatic heterocycles. The fourth-order valence-corrected chi connectivity index (χ4v) is 1.71. The van der Waals surface area contributed by atoms with E-state index >= 15 is 0 Å². The van der Waals surface area contributed by atoms with Crippen molar-refractivity contribution in [1.82, 2.24) is 15.5 Å². The van der Waals surface area contributed by atoms with Crippen molar-refractivity contribution >= 4 is 29.9 Å². The first-order valence-corrected chi connectivity index (χ1v) is 6.91. The number of nitrogens with zero attached hydrogens (tertiary/aromatic N) is 2. The number of aliphatic imine (C=N–C) groups is 1. The van der Waals surface area contributed by atoms with Crippen LogP contribution < -0.4 is 10.6 Å². The van der Waals surface area contributed by atoms with Crippen LogP contribution >= 0.6 is 24.0 Å². The van der Waals surface area contributed by atoms with Crippen molar-refractivity contribution in [2.24, 2.45) is 4.99 Å². The molecule has 0 fully saturated rings. The molecule has 0 saturated carbocycles. The molecule has 0 aliphatic rings. The summed E-state index contributed by atoms with van der Waals surface area (Å²) >= 11 is 0.